The molecule has 0 atom stereocenters. The Morgan fingerprint density at radius 3 is 1.25 bits per heavy atom. The van der Waals surface area contributed by atoms with Crippen LogP contribution in [0, 0.1) is 0 Å². The second kappa shape index (κ2) is 18.9. The molecule has 0 bridgehead atoms. The van der Waals surface area contributed by atoms with Crippen LogP contribution < -0.4 is 0 Å². The third-order valence-corrected chi connectivity index (χ3v) is 0. The van der Waals surface area contributed by atoms with Crippen molar-refractivity contribution in [1.82, 2.24) is 0 Å². The molecule has 0 aliphatic carbocycles. The van der Waals surface area contributed by atoms with Crippen LogP contribution in [0.15, 0.2) is 0 Å². The van der Waals surface area contributed by atoms with E-state index in [0.717, 1.165) is 0 Å². The summed E-state index contributed by atoms with van der Waals surface area (Å²) < 4.78 is 8.06. The Hall–Kier alpha value is 2.21. The average Bonchev–Trinajstić information content (AvgIpc) is 1.00. The van der Waals surface area contributed by atoms with E-state index >= 15 is 0 Å². The molecular formula is H7AgInOSn. The van der Waals surface area contributed by atoms with Gasteiger partial charge < -0.3 is 0 Å². The van der Waals surface area contributed by atoms with E-state index in [1.54, 1.807) is 21.0 Å². The Morgan fingerprint density at radius 1 is 1.25 bits per heavy atom. The zero-order chi connectivity index (χ0) is 2.00. The van der Waals surface area contributed by atoms with Gasteiger partial charge in [-0.15, -0.1) is 0 Å². The first kappa shape index (κ1) is 16.4. The van der Waals surface area contributed by atoms with Crippen molar-refractivity contribution in [3.63, 3.8) is 0 Å². The molecule has 4 heavy (non-hydrogen) atoms. The first-order valence-electron chi connectivity index (χ1n) is 0.123. The van der Waals surface area contributed by atoms with E-state index in [1.807, 2.05) is 0 Å². The normalized spacial score (nSPS) is 1.50. The monoisotopic (exact) mass is 365 g/mol. The zero-order valence-electron chi connectivity index (χ0n) is 0.710. The summed E-state index contributed by atoms with van der Waals surface area (Å²) in [6, 6.07) is 0. The molecule has 31 valence electrons. The van der Waals surface area contributed by atoms with Gasteiger partial charge in [0.2, 0.25) is 0 Å². The molecular weight excluding hydrogens is 357 g/mol. The van der Waals surface area contributed by atoms with E-state index < -0.39 is 0 Å². The summed E-state index contributed by atoms with van der Waals surface area (Å²) in [6.45, 7) is 0. The van der Waals surface area contributed by atoms with E-state index in [2.05, 4.69) is 0 Å². The summed E-state index contributed by atoms with van der Waals surface area (Å²) in [5, 5.41) is 0. The number of hydrogen-bond donors (Lipinski definition) is 0. The summed E-state index contributed by atoms with van der Waals surface area (Å²) in [7, 11) is 0. The van der Waals surface area contributed by atoms with Crippen LogP contribution in [0.5, 0.6) is 0 Å². The van der Waals surface area contributed by atoms with E-state index in [0.29, 0.717) is 0 Å². The van der Waals surface area contributed by atoms with Gasteiger partial charge in [-0.05, 0) is 0 Å². The second-order valence-corrected chi connectivity index (χ2v) is 0. The van der Waals surface area contributed by atoms with Crippen LogP contribution in [0.2, 0.25) is 0 Å². The van der Waals surface area contributed by atoms with Gasteiger partial charge in [-0.1, -0.05) is 0 Å². The van der Waals surface area contributed by atoms with Gasteiger partial charge in [0.1, 0.15) is 0 Å². The predicted molar refractivity (Wildman–Crippen MR) is 22.0 cm³/mol. The van der Waals surface area contributed by atoms with Gasteiger partial charge >= 0.3 is 74.0 Å². The first-order valence-corrected chi connectivity index (χ1v) is 0.728. The SMILES string of the molecule is [InH3].[O]=[Ag].[SnH4]. The quantitative estimate of drug-likeness (QED) is 0.426. The summed E-state index contributed by atoms with van der Waals surface area (Å²) in [5.41, 5.74) is 0. The summed E-state index contributed by atoms with van der Waals surface area (Å²) in [4.78, 5) is 0. The second-order valence-electron chi connectivity index (χ2n) is 0. The average molecular weight is 364 g/mol. The molecule has 0 N–H and O–H groups in total. The fourth-order valence-electron chi connectivity index (χ4n) is 0. The Morgan fingerprint density at radius 2 is 1.25 bits per heavy atom. The van der Waals surface area contributed by atoms with Crippen molar-refractivity contribution in [2.75, 3.05) is 0 Å². The maximum absolute atomic E-state index is 8.06. The Bertz CT molecular complexity index is 8.00. The van der Waals surface area contributed by atoms with Crippen molar-refractivity contribution in [3.05, 3.63) is 0 Å². The molecule has 4 heteroatoms. The fraction of sp³-hybridized carbons (Fsp3) is 0. The minimum absolute atomic E-state index is 0. The molecule has 0 heterocycles. The van der Waals surface area contributed by atoms with Crippen LogP contribution >= 0.6 is 0 Å². The molecule has 0 rings (SSSR count). The molecule has 0 spiro atoms. The maximum atomic E-state index is 8.06. The van der Waals surface area contributed by atoms with Gasteiger partial charge in [-0.3, -0.25) is 0 Å². The summed E-state index contributed by atoms with van der Waals surface area (Å²) in [5.74, 6) is 0. The van der Waals surface area contributed by atoms with Crippen molar-refractivity contribution in [1.29, 1.82) is 0 Å². The van der Waals surface area contributed by atoms with Gasteiger partial charge in [0.25, 0.3) is 0 Å². The van der Waals surface area contributed by atoms with Gasteiger partial charge in [0.15, 0.2) is 0 Å². The van der Waals surface area contributed by atoms with E-state index in [9.17, 15) is 0 Å². The molecule has 0 aliphatic heterocycles. The number of hydrogen-bond acceptors (Lipinski definition) is 1. The molecule has 0 saturated heterocycles. The fourth-order valence-corrected chi connectivity index (χ4v) is 0. The Kier molecular flexibility index (Phi) is 77.3. The van der Waals surface area contributed by atoms with E-state index in [4.69, 9.17) is 3.25 Å². The van der Waals surface area contributed by atoms with Crippen molar-refractivity contribution in [2.45, 2.75) is 0 Å². The molecule has 0 saturated carbocycles. The van der Waals surface area contributed by atoms with Crippen LogP contribution in [-0.4, -0.2) is 49.8 Å². The van der Waals surface area contributed by atoms with E-state index in [1.165, 1.54) is 0 Å². The van der Waals surface area contributed by atoms with Gasteiger partial charge in [0, 0.05) is 0 Å². The van der Waals surface area contributed by atoms with Crippen LogP contribution in [0.25, 0.3) is 0 Å². The molecule has 0 radical (unpaired) electrons. The third-order valence-electron chi connectivity index (χ3n) is 0. The number of rotatable bonds is 0. The third kappa shape index (κ3) is 8.88. The molecule has 0 aromatic heterocycles. The molecule has 0 amide bonds. The van der Waals surface area contributed by atoms with Crippen LogP contribution in [0.1, 0.15) is 0 Å². The first-order chi connectivity index (χ1) is 1.00. The van der Waals surface area contributed by atoms with Crippen LogP contribution in [0.4, 0.5) is 0 Å². The minimum atomic E-state index is 0. The predicted octanol–water partition coefficient (Wildman–Crippen LogP) is -2.76. The van der Waals surface area contributed by atoms with Gasteiger partial charge in [-0.25, -0.2) is 0 Å². The van der Waals surface area contributed by atoms with Gasteiger partial charge in [0.05, 0.1) is 0 Å². The van der Waals surface area contributed by atoms with E-state index in [-0.39, 0.29) is 49.8 Å². The molecule has 0 aromatic carbocycles. The molecule has 1 nitrogen and oxygen atoms in total. The van der Waals surface area contributed by atoms with Crippen LogP contribution in [-0.2, 0) is 24.3 Å². The molecule has 0 fully saturated rings. The van der Waals surface area contributed by atoms with Gasteiger partial charge in [-0.2, -0.15) is 0 Å². The standard InChI is InChI=1S/Ag.In.O.Sn.7H. The van der Waals surface area contributed by atoms with Crippen molar-refractivity contribution < 1.29 is 24.3 Å². The topological polar surface area (TPSA) is 17.1 Å². The molecule has 0 unspecified atom stereocenters. The molecule has 0 aromatic rings. The summed E-state index contributed by atoms with van der Waals surface area (Å²) in [6.07, 6.45) is 0. The molecule has 0 aliphatic rings. The zero-order valence-corrected chi connectivity index (χ0v) is 2.19. The summed E-state index contributed by atoms with van der Waals surface area (Å²) >= 11 is 1.70. The van der Waals surface area contributed by atoms with Crippen molar-refractivity contribution >= 4 is 49.8 Å². The van der Waals surface area contributed by atoms with Crippen LogP contribution in [0.3, 0.4) is 0 Å². The Balaban J connectivity index is -0.00000000500. The van der Waals surface area contributed by atoms with Crippen molar-refractivity contribution in [3.8, 4) is 0 Å². The Labute approximate surface area is 72.9 Å². The van der Waals surface area contributed by atoms with Crippen molar-refractivity contribution in [2.24, 2.45) is 0 Å².